The predicted molar refractivity (Wildman–Crippen MR) is 75.6 cm³/mol. The van der Waals surface area contributed by atoms with Gasteiger partial charge in [0.05, 0.1) is 13.2 Å². The van der Waals surface area contributed by atoms with Crippen molar-refractivity contribution in [3.63, 3.8) is 0 Å². The highest BCUT2D eigenvalue weighted by Gasteiger charge is 2.24. The van der Waals surface area contributed by atoms with Gasteiger partial charge >= 0.3 is 0 Å². The molecular formula is C16H17NO3. The lowest BCUT2D eigenvalue weighted by atomic mass is 10.1. The highest BCUT2D eigenvalue weighted by Crippen LogP contribution is 2.35. The molecule has 20 heavy (non-hydrogen) atoms. The molecule has 0 fully saturated rings. The number of hydrogen-bond acceptors (Lipinski definition) is 4. The number of hydrogen-bond donors (Lipinski definition) is 1. The average molecular weight is 271 g/mol. The van der Waals surface area contributed by atoms with Crippen LogP contribution >= 0.6 is 0 Å². The molecule has 0 bridgehead atoms. The molecule has 1 heterocycles. The first-order valence-corrected chi connectivity index (χ1v) is 6.59. The molecule has 2 aromatic carbocycles. The van der Waals surface area contributed by atoms with Gasteiger partial charge in [-0.2, -0.15) is 5.48 Å². The van der Waals surface area contributed by atoms with Crippen molar-refractivity contribution in [1.29, 1.82) is 0 Å². The normalized spacial score (nSPS) is 16.6. The van der Waals surface area contributed by atoms with Crippen molar-refractivity contribution in [3.8, 4) is 11.5 Å². The first kappa shape index (κ1) is 13.0. The van der Waals surface area contributed by atoms with Crippen LogP contribution in [0.2, 0.25) is 0 Å². The second-order valence-electron chi connectivity index (χ2n) is 4.66. The zero-order valence-corrected chi connectivity index (χ0v) is 11.3. The van der Waals surface area contributed by atoms with E-state index in [2.05, 4.69) is 5.48 Å². The van der Waals surface area contributed by atoms with Gasteiger partial charge in [-0.05, 0) is 17.7 Å². The maximum Gasteiger partial charge on any atom is 0.128 e. The first-order valence-electron chi connectivity index (χ1n) is 6.59. The summed E-state index contributed by atoms with van der Waals surface area (Å²) in [6.45, 7) is 1.13. The minimum atomic E-state index is 0.0816. The molecule has 1 aliphatic heterocycles. The Balaban J connectivity index is 1.68. The molecule has 0 amide bonds. The summed E-state index contributed by atoms with van der Waals surface area (Å²) in [6.07, 6.45) is 0. The Morgan fingerprint density at radius 1 is 1.20 bits per heavy atom. The second-order valence-corrected chi connectivity index (χ2v) is 4.66. The number of nitrogens with one attached hydrogen (secondary N) is 1. The molecule has 0 aliphatic carbocycles. The van der Waals surface area contributed by atoms with Crippen LogP contribution in [0.4, 0.5) is 0 Å². The second kappa shape index (κ2) is 5.94. The lowest BCUT2D eigenvalue weighted by Crippen LogP contribution is -2.20. The van der Waals surface area contributed by atoms with Gasteiger partial charge in [-0.1, -0.05) is 30.3 Å². The van der Waals surface area contributed by atoms with Crippen LogP contribution in [0.5, 0.6) is 11.5 Å². The summed E-state index contributed by atoms with van der Waals surface area (Å²) in [5, 5.41) is 0. The summed E-state index contributed by atoms with van der Waals surface area (Å²) in [6, 6.07) is 16.1. The van der Waals surface area contributed by atoms with Crippen LogP contribution in [0.15, 0.2) is 48.5 Å². The quantitative estimate of drug-likeness (QED) is 0.849. The topological polar surface area (TPSA) is 39.7 Å². The number of benzene rings is 2. The van der Waals surface area contributed by atoms with Crippen LogP contribution in [-0.2, 0) is 11.4 Å². The van der Waals surface area contributed by atoms with E-state index in [9.17, 15) is 0 Å². The molecule has 4 nitrogen and oxygen atoms in total. The fraction of sp³-hybridized carbons (Fsp3) is 0.250. The van der Waals surface area contributed by atoms with E-state index in [-0.39, 0.29) is 6.04 Å². The van der Waals surface area contributed by atoms with Crippen LogP contribution < -0.4 is 15.0 Å². The zero-order chi connectivity index (χ0) is 13.8. The zero-order valence-electron chi connectivity index (χ0n) is 11.3. The Labute approximate surface area is 118 Å². The number of ether oxygens (including phenoxy) is 2. The summed E-state index contributed by atoms with van der Waals surface area (Å²) in [5.74, 6) is 1.66. The molecule has 0 radical (unpaired) electrons. The summed E-state index contributed by atoms with van der Waals surface area (Å²) in [7, 11) is 1.61. The van der Waals surface area contributed by atoms with Crippen LogP contribution in [0, 0.1) is 0 Å². The molecule has 0 saturated heterocycles. The third-order valence-electron chi connectivity index (χ3n) is 3.27. The van der Waals surface area contributed by atoms with Crippen LogP contribution in [0.25, 0.3) is 0 Å². The first-order chi connectivity index (χ1) is 9.86. The molecule has 1 aliphatic rings. The molecule has 2 aromatic rings. The predicted octanol–water partition coefficient (Wildman–Crippen LogP) is 2.85. The highest BCUT2D eigenvalue weighted by atomic mass is 16.6. The maximum atomic E-state index is 5.78. The van der Waals surface area contributed by atoms with Crippen molar-refractivity contribution in [2.75, 3.05) is 13.7 Å². The minimum absolute atomic E-state index is 0.0816. The smallest absolute Gasteiger partial charge is 0.128 e. The van der Waals surface area contributed by atoms with Crippen molar-refractivity contribution in [3.05, 3.63) is 59.7 Å². The van der Waals surface area contributed by atoms with E-state index < -0.39 is 0 Å². The van der Waals surface area contributed by atoms with Crippen molar-refractivity contribution in [2.45, 2.75) is 12.6 Å². The van der Waals surface area contributed by atoms with Gasteiger partial charge in [-0.3, -0.25) is 0 Å². The summed E-state index contributed by atoms with van der Waals surface area (Å²) in [5.41, 5.74) is 5.15. The fourth-order valence-corrected chi connectivity index (χ4v) is 2.26. The van der Waals surface area contributed by atoms with Gasteiger partial charge in [0.25, 0.3) is 0 Å². The van der Waals surface area contributed by atoms with Crippen LogP contribution in [0.1, 0.15) is 17.2 Å². The summed E-state index contributed by atoms with van der Waals surface area (Å²) >= 11 is 0. The Morgan fingerprint density at radius 3 is 2.85 bits per heavy atom. The standard InChI is InChI=1S/C16H17NO3/c1-18-17-15-11-20-16-9-13(7-8-14(15)16)19-10-12-5-3-2-4-6-12/h2-9,15,17H,10-11H2,1H3. The maximum absolute atomic E-state index is 5.78. The van der Waals surface area contributed by atoms with E-state index >= 15 is 0 Å². The van der Waals surface area contributed by atoms with Gasteiger partial charge in [-0.15, -0.1) is 0 Å². The number of rotatable bonds is 5. The number of fused-ring (bicyclic) bond motifs is 1. The van der Waals surface area contributed by atoms with Crippen LogP contribution in [-0.4, -0.2) is 13.7 Å². The Kier molecular flexibility index (Phi) is 3.85. The SMILES string of the molecule is CONC1COc2cc(OCc3ccccc3)ccc21. The Hall–Kier alpha value is -2.04. The van der Waals surface area contributed by atoms with Crippen LogP contribution in [0.3, 0.4) is 0 Å². The van der Waals surface area contributed by atoms with Gasteiger partial charge in [0.1, 0.15) is 24.7 Å². The fourth-order valence-electron chi connectivity index (χ4n) is 2.26. The van der Waals surface area contributed by atoms with Gasteiger partial charge in [0, 0.05) is 11.6 Å². The molecule has 1 N–H and O–H groups in total. The largest absolute Gasteiger partial charge is 0.491 e. The van der Waals surface area contributed by atoms with Gasteiger partial charge in [-0.25, -0.2) is 0 Å². The third-order valence-corrected chi connectivity index (χ3v) is 3.27. The summed E-state index contributed by atoms with van der Waals surface area (Å²) < 4.78 is 11.4. The van der Waals surface area contributed by atoms with E-state index in [1.165, 1.54) is 0 Å². The highest BCUT2D eigenvalue weighted by molar-refractivity contribution is 5.44. The van der Waals surface area contributed by atoms with Gasteiger partial charge in [0.15, 0.2) is 0 Å². The van der Waals surface area contributed by atoms with E-state index in [0.717, 1.165) is 22.6 Å². The lowest BCUT2D eigenvalue weighted by Gasteiger charge is -2.10. The third kappa shape index (κ3) is 2.76. The molecule has 4 heteroatoms. The molecule has 0 saturated carbocycles. The van der Waals surface area contributed by atoms with Gasteiger partial charge in [0.2, 0.25) is 0 Å². The van der Waals surface area contributed by atoms with Crippen molar-refractivity contribution < 1.29 is 14.3 Å². The van der Waals surface area contributed by atoms with Crippen molar-refractivity contribution in [1.82, 2.24) is 5.48 Å². The monoisotopic (exact) mass is 271 g/mol. The van der Waals surface area contributed by atoms with Crippen molar-refractivity contribution >= 4 is 0 Å². The molecule has 3 rings (SSSR count). The molecule has 1 atom stereocenters. The molecule has 104 valence electrons. The van der Waals surface area contributed by atoms with E-state index in [0.29, 0.717) is 13.2 Å². The van der Waals surface area contributed by atoms with E-state index in [4.69, 9.17) is 14.3 Å². The van der Waals surface area contributed by atoms with Gasteiger partial charge < -0.3 is 14.3 Å². The Morgan fingerprint density at radius 2 is 2.05 bits per heavy atom. The van der Waals surface area contributed by atoms with Crippen molar-refractivity contribution in [2.24, 2.45) is 0 Å². The Bertz CT molecular complexity index is 571. The number of hydroxylamine groups is 1. The molecule has 1 unspecified atom stereocenters. The molecule has 0 spiro atoms. The summed E-state index contributed by atoms with van der Waals surface area (Å²) in [4.78, 5) is 4.96. The lowest BCUT2D eigenvalue weighted by molar-refractivity contribution is 0.0536. The molecule has 0 aromatic heterocycles. The van der Waals surface area contributed by atoms with E-state index in [1.54, 1.807) is 7.11 Å². The van der Waals surface area contributed by atoms with E-state index in [1.807, 2.05) is 48.5 Å². The molecular weight excluding hydrogens is 254 g/mol. The minimum Gasteiger partial charge on any atom is -0.491 e. The average Bonchev–Trinajstić information content (AvgIpc) is 2.89.